The van der Waals surface area contributed by atoms with Gasteiger partial charge < -0.3 is 13.9 Å². The molecule has 0 saturated heterocycles. The van der Waals surface area contributed by atoms with Crippen molar-refractivity contribution in [2.24, 2.45) is 0 Å². The molecular weight excluding hydrogens is 500 g/mol. The van der Waals surface area contributed by atoms with E-state index >= 15 is 0 Å². The molecule has 0 fully saturated rings. The van der Waals surface area contributed by atoms with Gasteiger partial charge in [0.05, 0.1) is 30.8 Å². The van der Waals surface area contributed by atoms with Crippen LogP contribution in [0.3, 0.4) is 0 Å². The summed E-state index contributed by atoms with van der Waals surface area (Å²) in [5.41, 5.74) is 1.90. The largest absolute Gasteiger partial charge is 0.465 e. The lowest BCUT2D eigenvalue weighted by molar-refractivity contribution is 0.0556. The fraction of sp³-hybridized carbons (Fsp3) is 0.0769. The van der Waals surface area contributed by atoms with E-state index in [0.717, 1.165) is 20.8 Å². The number of aromatic nitrogens is 2. The van der Waals surface area contributed by atoms with E-state index in [-0.39, 0.29) is 16.8 Å². The molecule has 3 heterocycles. The van der Waals surface area contributed by atoms with Gasteiger partial charge in [-0.05, 0) is 48.5 Å². The monoisotopic (exact) mass is 516 g/mol. The quantitative estimate of drug-likeness (QED) is 0.185. The van der Waals surface area contributed by atoms with Crippen molar-refractivity contribution in [1.82, 2.24) is 9.38 Å². The van der Waals surface area contributed by atoms with Crippen molar-refractivity contribution in [2.75, 3.05) is 14.2 Å². The maximum atomic E-state index is 13.8. The van der Waals surface area contributed by atoms with Gasteiger partial charge in [0, 0.05) is 27.0 Å². The SMILES string of the molecule is COC(=O)c1c(C(=O)OC)c2ccc3c4ncccc4ccc3n2c1C(=O)c1ccc(Br)cc1. The van der Waals surface area contributed by atoms with Gasteiger partial charge in [-0.2, -0.15) is 0 Å². The molecule has 0 radical (unpaired) electrons. The van der Waals surface area contributed by atoms with Crippen LogP contribution in [0.5, 0.6) is 0 Å². The van der Waals surface area contributed by atoms with Crippen molar-refractivity contribution in [3.05, 3.63) is 93.7 Å². The summed E-state index contributed by atoms with van der Waals surface area (Å²) < 4.78 is 12.4. The number of benzene rings is 2. The maximum Gasteiger partial charge on any atom is 0.341 e. The molecule has 2 aromatic carbocycles. The minimum Gasteiger partial charge on any atom is -0.465 e. The first-order chi connectivity index (χ1) is 16.5. The molecule has 5 aromatic rings. The molecule has 0 saturated carbocycles. The number of nitrogens with zero attached hydrogens (tertiary/aromatic N) is 2. The van der Waals surface area contributed by atoms with Gasteiger partial charge in [-0.15, -0.1) is 0 Å². The van der Waals surface area contributed by atoms with Gasteiger partial charge >= 0.3 is 11.9 Å². The number of rotatable bonds is 4. The number of hydrogen-bond donors (Lipinski definition) is 0. The molecule has 168 valence electrons. The molecule has 3 aromatic heterocycles. The fourth-order valence-corrected chi connectivity index (χ4v) is 4.50. The predicted octanol–water partition coefficient (Wildman–Crippen LogP) is 5.21. The smallest absolute Gasteiger partial charge is 0.341 e. The van der Waals surface area contributed by atoms with E-state index in [1.807, 2.05) is 30.3 Å². The summed E-state index contributed by atoms with van der Waals surface area (Å²) in [6, 6.07) is 17.8. The average molecular weight is 517 g/mol. The molecule has 0 aliphatic carbocycles. The van der Waals surface area contributed by atoms with Crippen LogP contribution in [0.1, 0.15) is 36.8 Å². The Bertz CT molecular complexity index is 1640. The lowest BCUT2D eigenvalue weighted by Gasteiger charge is -2.10. The van der Waals surface area contributed by atoms with Crippen LogP contribution in [0.2, 0.25) is 0 Å². The standard InChI is InChI=1S/C26H17BrN2O5/c1-33-25(31)20-19-12-10-17-18(11-7-14-4-3-13-28-22(14)17)29(19)23(21(20)26(32)34-2)24(30)15-5-8-16(27)9-6-15/h3-13H,1-2H3. The highest BCUT2D eigenvalue weighted by molar-refractivity contribution is 9.10. The van der Waals surface area contributed by atoms with Gasteiger partial charge in [-0.1, -0.05) is 28.1 Å². The second-order valence-electron chi connectivity index (χ2n) is 7.55. The highest BCUT2D eigenvalue weighted by Gasteiger charge is 2.33. The molecule has 0 spiro atoms. The maximum absolute atomic E-state index is 13.8. The van der Waals surface area contributed by atoms with Gasteiger partial charge in [0.1, 0.15) is 16.8 Å². The summed E-state index contributed by atoms with van der Waals surface area (Å²) in [6.45, 7) is 0. The van der Waals surface area contributed by atoms with Gasteiger partial charge in [0.2, 0.25) is 5.78 Å². The summed E-state index contributed by atoms with van der Waals surface area (Å²) in [6.07, 6.45) is 1.69. The predicted molar refractivity (Wildman–Crippen MR) is 130 cm³/mol. The number of esters is 2. The third kappa shape index (κ3) is 3.26. The Morgan fingerprint density at radius 1 is 0.824 bits per heavy atom. The highest BCUT2D eigenvalue weighted by Crippen LogP contribution is 2.33. The van der Waals surface area contributed by atoms with Gasteiger partial charge in [-0.25, -0.2) is 9.59 Å². The minimum atomic E-state index is -0.809. The first-order valence-electron chi connectivity index (χ1n) is 10.3. The lowest BCUT2D eigenvalue weighted by Crippen LogP contribution is -2.15. The molecule has 0 unspecified atom stereocenters. The summed E-state index contributed by atoms with van der Waals surface area (Å²) >= 11 is 3.37. The molecule has 0 bridgehead atoms. The molecule has 0 amide bonds. The molecule has 34 heavy (non-hydrogen) atoms. The Labute approximate surface area is 202 Å². The molecule has 0 atom stereocenters. The van der Waals surface area contributed by atoms with Crippen LogP contribution in [0, 0.1) is 0 Å². The number of ether oxygens (including phenoxy) is 2. The Kier molecular flexibility index (Phi) is 5.37. The minimum absolute atomic E-state index is 0.0189. The average Bonchev–Trinajstić information content (AvgIpc) is 3.23. The normalized spacial score (nSPS) is 11.1. The van der Waals surface area contributed by atoms with E-state index in [2.05, 4.69) is 20.9 Å². The van der Waals surface area contributed by atoms with Crippen LogP contribution in [-0.2, 0) is 9.47 Å². The summed E-state index contributed by atoms with van der Waals surface area (Å²) in [7, 11) is 2.43. The lowest BCUT2D eigenvalue weighted by atomic mass is 10.0. The van der Waals surface area contributed by atoms with Crippen molar-refractivity contribution in [3.8, 4) is 0 Å². The molecular formula is C26H17BrN2O5. The second kappa shape index (κ2) is 8.39. The number of pyridine rings is 2. The Morgan fingerprint density at radius 3 is 2.21 bits per heavy atom. The van der Waals surface area contributed by atoms with E-state index in [9.17, 15) is 14.4 Å². The van der Waals surface area contributed by atoms with Crippen LogP contribution in [0.4, 0.5) is 0 Å². The van der Waals surface area contributed by atoms with E-state index in [4.69, 9.17) is 9.47 Å². The fourth-order valence-electron chi connectivity index (χ4n) is 4.24. The summed E-state index contributed by atoms with van der Waals surface area (Å²) in [5.74, 6) is -1.99. The third-order valence-corrected chi connectivity index (χ3v) is 6.28. The van der Waals surface area contributed by atoms with E-state index in [1.54, 1.807) is 40.9 Å². The van der Waals surface area contributed by atoms with Crippen molar-refractivity contribution in [3.63, 3.8) is 0 Å². The van der Waals surface area contributed by atoms with Crippen molar-refractivity contribution in [1.29, 1.82) is 0 Å². The molecule has 5 rings (SSSR count). The van der Waals surface area contributed by atoms with Crippen molar-refractivity contribution >= 4 is 61.0 Å². The van der Waals surface area contributed by atoms with Gasteiger partial charge in [-0.3, -0.25) is 9.78 Å². The van der Waals surface area contributed by atoms with Crippen LogP contribution in [0.15, 0.2) is 71.3 Å². The van der Waals surface area contributed by atoms with E-state index in [0.29, 0.717) is 16.6 Å². The van der Waals surface area contributed by atoms with E-state index < -0.39 is 17.7 Å². The van der Waals surface area contributed by atoms with Crippen LogP contribution < -0.4 is 0 Å². The number of halogens is 1. The zero-order valence-corrected chi connectivity index (χ0v) is 19.8. The molecule has 0 aliphatic heterocycles. The first-order valence-corrected chi connectivity index (χ1v) is 11.1. The molecule has 8 heteroatoms. The second-order valence-corrected chi connectivity index (χ2v) is 8.46. The topological polar surface area (TPSA) is 87.0 Å². The van der Waals surface area contributed by atoms with Crippen molar-refractivity contribution in [2.45, 2.75) is 0 Å². The Balaban J connectivity index is 1.98. The third-order valence-electron chi connectivity index (χ3n) is 5.75. The number of ketones is 1. The Morgan fingerprint density at radius 2 is 1.50 bits per heavy atom. The van der Waals surface area contributed by atoms with Crippen molar-refractivity contribution < 1.29 is 23.9 Å². The van der Waals surface area contributed by atoms with Crippen LogP contribution >= 0.6 is 15.9 Å². The first kappa shape index (κ1) is 21.8. The molecule has 0 N–H and O–H groups in total. The highest BCUT2D eigenvalue weighted by atomic mass is 79.9. The summed E-state index contributed by atoms with van der Waals surface area (Å²) in [4.78, 5) is 44.2. The van der Waals surface area contributed by atoms with E-state index in [1.165, 1.54) is 14.2 Å². The molecule has 0 aliphatic rings. The number of fused-ring (bicyclic) bond motifs is 5. The van der Waals surface area contributed by atoms with Gasteiger partial charge in [0.15, 0.2) is 0 Å². The van der Waals surface area contributed by atoms with Gasteiger partial charge in [0.25, 0.3) is 0 Å². The zero-order chi connectivity index (χ0) is 24.0. The number of hydrogen-bond acceptors (Lipinski definition) is 6. The number of methoxy groups -OCH3 is 2. The van der Waals surface area contributed by atoms with Crippen LogP contribution in [0.25, 0.3) is 27.3 Å². The summed E-state index contributed by atoms with van der Waals surface area (Å²) in [5, 5.41) is 1.68. The Hall–Kier alpha value is -4.04. The van der Waals surface area contributed by atoms with Crippen LogP contribution in [-0.4, -0.2) is 41.3 Å². The molecule has 7 nitrogen and oxygen atoms in total. The zero-order valence-electron chi connectivity index (χ0n) is 18.2. The number of carbonyl (C=O) groups excluding carboxylic acids is 3. The number of carbonyl (C=O) groups is 3.